The van der Waals surface area contributed by atoms with Gasteiger partial charge in [-0.05, 0) is 19.3 Å². The van der Waals surface area contributed by atoms with E-state index in [1.165, 1.54) is 180 Å². The monoisotopic (exact) mass is 793 g/mol. The summed E-state index contributed by atoms with van der Waals surface area (Å²) in [7, 11) is 0. The van der Waals surface area contributed by atoms with E-state index in [2.05, 4.69) is 20.8 Å². The van der Waals surface area contributed by atoms with E-state index in [9.17, 15) is 14.4 Å². The maximum absolute atomic E-state index is 12.6. The van der Waals surface area contributed by atoms with Gasteiger partial charge in [0.25, 0.3) is 0 Å². The van der Waals surface area contributed by atoms with Crippen LogP contribution < -0.4 is 0 Å². The third-order valence-electron chi connectivity index (χ3n) is 11.4. The molecule has 0 aliphatic carbocycles. The van der Waals surface area contributed by atoms with Crippen LogP contribution in [0.5, 0.6) is 0 Å². The van der Waals surface area contributed by atoms with Crippen LogP contribution in [0, 0.1) is 0 Å². The second-order valence-corrected chi connectivity index (χ2v) is 17.1. The van der Waals surface area contributed by atoms with Gasteiger partial charge in [0.2, 0.25) is 0 Å². The second-order valence-electron chi connectivity index (χ2n) is 17.1. The molecule has 0 radical (unpaired) electrons. The standard InChI is InChI=1S/C50H96O6/c1-4-7-10-13-15-17-18-19-20-21-22-23-24-25-26-27-28-29-30-31-33-34-37-40-43-49(52)55-46-47(45-54-48(51)42-39-36-12-9-6-3)56-50(53)44-41-38-35-32-16-14-11-8-5-2/h47H,4-46H2,1-3H3. The first-order valence-electron chi connectivity index (χ1n) is 25.0. The van der Waals surface area contributed by atoms with Crippen molar-refractivity contribution in [1.82, 2.24) is 0 Å². The molecule has 0 N–H and O–H groups in total. The van der Waals surface area contributed by atoms with E-state index in [1.54, 1.807) is 0 Å². The van der Waals surface area contributed by atoms with E-state index in [0.29, 0.717) is 19.3 Å². The summed E-state index contributed by atoms with van der Waals surface area (Å²) >= 11 is 0. The quantitative estimate of drug-likeness (QED) is 0.0347. The molecule has 0 aliphatic heterocycles. The van der Waals surface area contributed by atoms with Gasteiger partial charge in [-0.3, -0.25) is 14.4 Å². The van der Waals surface area contributed by atoms with Crippen molar-refractivity contribution in [3.63, 3.8) is 0 Å². The van der Waals surface area contributed by atoms with Crippen LogP contribution in [0.4, 0.5) is 0 Å². The average Bonchev–Trinajstić information content (AvgIpc) is 3.19. The van der Waals surface area contributed by atoms with Gasteiger partial charge in [-0.15, -0.1) is 0 Å². The van der Waals surface area contributed by atoms with Crippen LogP contribution in [0.25, 0.3) is 0 Å². The van der Waals surface area contributed by atoms with Gasteiger partial charge in [0.15, 0.2) is 6.10 Å². The summed E-state index contributed by atoms with van der Waals surface area (Å²) in [5.74, 6) is -0.867. The Morgan fingerprint density at radius 1 is 0.286 bits per heavy atom. The zero-order valence-electron chi connectivity index (χ0n) is 37.9. The van der Waals surface area contributed by atoms with Crippen LogP contribution in [-0.2, 0) is 28.6 Å². The lowest BCUT2D eigenvalue weighted by Gasteiger charge is -2.18. The SMILES string of the molecule is CCCCCCCCCCCCCCCCCCCCCCCCCCC(=O)OCC(COC(=O)CCCCCCC)OC(=O)CCCCCCCCCCC. The van der Waals surface area contributed by atoms with Crippen LogP contribution >= 0.6 is 0 Å². The summed E-state index contributed by atoms with van der Waals surface area (Å²) in [6.45, 7) is 6.57. The minimum Gasteiger partial charge on any atom is -0.462 e. The third-order valence-corrected chi connectivity index (χ3v) is 11.4. The Balaban J connectivity index is 3.93. The van der Waals surface area contributed by atoms with Gasteiger partial charge >= 0.3 is 17.9 Å². The van der Waals surface area contributed by atoms with Gasteiger partial charge < -0.3 is 14.2 Å². The minimum atomic E-state index is -0.756. The number of hydrogen-bond donors (Lipinski definition) is 0. The fourth-order valence-corrected chi connectivity index (χ4v) is 7.56. The number of carbonyl (C=O) groups excluding carboxylic acids is 3. The summed E-state index contributed by atoms with van der Waals surface area (Å²) in [4.78, 5) is 37.4. The van der Waals surface area contributed by atoms with Gasteiger partial charge in [0.1, 0.15) is 13.2 Å². The number of unbranched alkanes of at least 4 members (excludes halogenated alkanes) is 35. The van der Waals surface area contributed by atoms with Gasteiger partial charge in [-0.2, -0.15) is 0 Å². The molecule has 6 nitrogen and oxygen atoms in total. The van der Waals surface area contributed by atoms with Crippen LogP contribution in [-0.4, -0.2) is 37.2 Å². The van der Waals surface area contributed by atoms with Crippen molar-refractivity contribution in [3.05, 3.63) is 0 Å². The van der Waals surface area contributed by atoms with Gasteiger partial charge in [0, 0.05) is 19.3 Å². The molecule has 1 atom stereocenters. The number of carbonyl (C=O) groups is 3. The number of esters is 3. The molecule has 0 aliphatic rings. The number of hydrogen-bond acceptors (Lipinski definition) is 6. The lowest BCUT2D eigenvalue weighted by atomic mass is 10.0. The van der Waals surface area contributed by atoms with E-state index in [1.807, 2.05) is 0 Å². The fraction of sp³-hybridized carbons (Fsp3) is 0.940. The molecule has 0 aromatic rings. The first-order valence-corrected chi connectivity index (χ1v) is 25.0. The van der Waals surface area contributed by atoms with Gasteiger partial charge in [0.05, 0.1) is 0 Å². The van der Waals surface area contributed by atoms with Crippen LogP contribution in [0.3, 0.4) is 0 Å². The molecule has 0 spiro atoms. The predicted octanol–water partition coefficient (Wildman–Crippen LogP) is 16.0. The molecule has 0 bridgehead atoms. The molecule has 1 unspecified atom stereocenters. The van der Waals surface area contributed by atoms with E-state index < -0.39 is 6.10 Å². The fourth-order valence-electron chi connectivity index (χ4n) is 7.56. The van der Waals surface area contributed by atoms with Crippen molar-refractivity contribution < 1.29 is 28.6 Å². The highest BCUT2D eigenvalue weighted by atomic mass is 16.6. The van der Waals surface area contributed by atoms with Gasteiger partial charge in [-0.1, -0.05) is 245 Å². The smallest absolute Gasteiger partial charge is 0.306 e. The summed E-state index contributed by atoms with van der Waals surface area (Å²) in [6, 6.07) is 0. The first-order chi connectivity index (χ1) is 27.5. The van der Waals surface area contributed by atoms with Crippen molar-refractivity contribution in [1.29, 1.82) is 0 Å². The highest BCUT2D eigenvalue weighted by Gasteiger charge is 2.19. The van der Waals surface area contributed by atoms with Gasteiger partial charge in [-0.25, -0.2) is 0 Å². The summed E-state index contributed by atoms with van der Waals surface area (Å²) in [5, 5.41) is 0. The summed E-state index contributed by atoms with van der Waals surface area (Å²) < 4.78 is 16.6. The van der Waals surface area contributed by atoms with E-state index in [-0.39, 0.29) is 31.1 Å². The molecule has 0 saturated heterocycles. The topological polar surface area (TPSA) is 78.9 Å². The lowest BCUT2D eigenvalue weighted by Crippen LogP contribution is -2.30. The molecule has 0 saturated carbocycles. The molecule has 0 amide bonds. The lowest BCUT2D eigenvalue weighted by molar-refractivity contribution is -0.167. The van der Waals surface area contributed by atoms with Crippen LogP contribution in [0.1, 0.15) is 284 Å². The Bertz CT molecular complexity index is 828. The molecule has 0 heterocycles. The van der Waals surface area contributed by atoms with Crippen molar-refractivity contribution in [2.24, 2.45) is 0 Å². The number of ether oxygens (including phenoxy) is 3. The van der Waals surface area contributed by atoms with Crippen LogP contribution in [0.15, 0.2) is 0 Å². The minimum absolute atomic E-state index is 0.0640. The van der Waals surface area contributed by atoms with Crippen molar-refractivity contribution in [2.75, 3.05) is 13.2 Å². The van der Waals surface area contributed by atoms with Crippen molar-refractivity contribution in [3.8, 4) is 0 Å². The Hall–Kier alpha value is -1.59. The Morgan fingerprint density at radius 3 is 0.714 bits per heavy atom. The Labute approximate surface area is 348 Å². The molecule has 0 aromatic carbocycles. The zero-order valence-corrected chi connectivity index (χ0v) is 37.9. The maximum Gasteiger partial charge on any atom is 0.306 e. The van der Waals surface area contributed by atoms with Crippen molar-refractivity contribution in [2.45, 2.75) is 290 Å². The molecule has 0 rings (SSSR count). The Kier molecular flexibility index (Phi) is 44.8. The van der Waals surface area contributed by atoms with E-state index in [0.717, 1.165) is 64.2 Å². The summed E-state index contributed by atoms with van der Waals surface area (Å²) in [5.41, 5.74) is 0. The van der Waals surface area contributed by atoms with Crippen molar-refractivity contribution >= 4 is 17.9 Å². The molecule has 56 heavy (non-hydrogen) atoms. The highest BCUT2D eigenvalue weighted by molar-refractivity contribution is 5.71. The normalized spacial score (nSPS) is 11.8. The predicted molar refractivity (Wildman–Crippen MR) is 238 cm³/mol. The molecular formula is C50H96O6. The maximum atomic E-state index is 12.6. The second kappa shape index (κ2) is 46.1. The highest BCUT2D eigenvalue weighted by Crippen LogP contribution is 2.17. The molecule has 0 fully saturated rings. The molecular weight excluding hydrogens is 697 g/mol. The molecule has 0 aromatic heterocycles. The Morgan fingerprint density at radius 2 is 0.482 bits per heavy atom. The van der Waals surface area contributed by atoms with E-state index >= 15 is 0 Å². The zero-order chi connectivity index (χ0) is 40.8. The largest absolute Gasteiger partial charge is 0.462 e. The summed E-state index contributed by atoms with van der Waals surface area (Å²) in [6.07, 6.45) is 48.6. The molecule has 332 valence electrons. The number of rotatable bonds is 46. The first kappa shape index (κ1) is 54.4. The third kappa shape index (κ3) is 43.5. The average molecular weight is 793 g/mol. The van der Waals surface area contributed by atoms with E-state index in [4.69, 9.17) is 14.2 Å². The van der Waals surface area contributed by atoms with Crippen LogP contribution in [0.2, 0.25) is 0 Å². The molecule has 6 heteroatoms.